The van der Waals surface area contributed by atoms with Gasteiger partial charge in [0.2, 0.25) is 0 Å². The Labute approximate surface area is 182 Å². The average molecular weight is 412 g/mol. The van der Waals surface area contributed by atoms with Gasteiger partial charge < -0.3 is 14.0 Å². The highest BCUT2D eigenvalue weighted by Gasteiger charge is 2.26. The fourth-order valence-electron chi connectivity index (χ4n) is 4.46. The summed E-state index contributed by atoms with van der Waals surface area (Å²) in [6, 6.07) is 16.9. The Kier molecular flexibility index (Phi) is 4.74. The molecule has 5 nitrogen and oxygen atoms in total. The number of hydrogen-bond donors (Lipinski definition) is 0. The van der Waals surface area contributed by atoms with E-state index in [2.05, 4.69) is 58.9 Å². The Balaban J connectivity index is 1.69. The summed E-state index contributed by atoms with van der Waals surface area (Å²) >= 11 is 0. The molecule has 0 saturated heterocycles. The van der Waals surface area contributed by atoms with Crippen LogP contribution < -0.4 is 9.47 Å². The summed E-state index contributed by atoms with van der Waals surface area (Å²) in [7, 11) is 3.36. The topological polar surface area (TPSA) is 49.2 Å². The van der Waals surface area contributed by atoms with Crippen LogP contribution in [0, 0.1) is 13.8 Å². The summed E-state index contributed by atoms with van der Waals surface area (Å²) in [6.45, 7) is 5.00. The van der Waals surface area contributed by atoms with Gasteiger partial charge in [-0.3, -0.25) is 4.98 Å². The van der Waals surface area contributed by atoms with Gasteiger partial charge in [0.1, 0.15) is 5.82 Å². The molecule has 0 spiro atoms. The number of rotatable bonds is 4. The molecule has 0 atom stereocenters. The third kappa shape index (κ3) is 3.26. The Hall–Kier alpha value is -3.60. The SMILES string of the molecule is COc1cc2c(cc1OC)-c1c(-c3cccc(-c4ccnc(C)c4)c3)nc(C)n1CC2. The first-order chi connectivity index (χ1) is 15.1. The van der Waals surface area contributed by atoms with Crippen LogP contribution in [0.5, 0.6) is 11.5 Å². The summed E-state index contributed by atoms with van der Waals surface area (Å²) in [6.07, 6.45) is 2.80. The molecule has 1 aliphatic rings. The molecule has 5 rings (SSSR count). The maximum atomic E-state index is 5.60. The normalized spacial score (nSPS) is 12.3. The van der Waals surface area contributed by atoms with E-state index in [9.17, 15) is 0 Å². The van der Waals surface area contributed by atoms with Gasteiger partial charge in [-0.25, -0.2) is 4.98 Å². The Morgan fingerprint density at radius 2 is 1.61 bits per heavy atom. The van der Waals surface area contributed by atoms with Crippen molar-refractivity contribution in [2.24, 2.45) is 0 Å². The Morgan fingerprint density at radius 1 is 0.871 bits per heavy atom. The lowest BCUT2D eigenvalue weighted by molar-refractivity contribution is 0.354. The number of pyridine rings is 1. The minimum Gasteiger partial charge on any atom is -0.493 e. The van der Waals surface area contributed by atoms with Crippen LogP contribution in [-0.2, 0) is 13.0 Å². The first kappa shape index (κ1) is 19.4. The molecule has 156 valence electrons. The highest BCUT2D eigenvalue weighted by Crippen LogP contribution is 2.43. The van der Waals surface area contributed by atoms with Crippen molar-refractivity contribution >= 4 is 0 Å². The summed E-state index contributed by atoms with van der Waals surface area (Å²) < 4.78 is 13.4. The number of fused-ring (bicyclic) bond motifs is 3. The van der Waals surface area contributed by atoms with E-state index >= 15 is 0 Å². The second-order valence-electron chi connectivity index (χ2n) is 7.89. The number of imidazole rings is 1. The Bertz CT molecular complexity index is 1290. The zero-order valence-corrected chi connectivity index (χ0v) is 18.3. The van der Waals surface area contributed by atoms with Gasteiger partial charge in [-0.05, 0) is 67.3 Å². The molecule has 1 aliphatic heterocycles. The van der Waals surface area contributed by atoms with E-state index in [1.807, 2.05) is 19.2 Å². The number of aromatic nitrogens is 3. The molecule has 0 N–H and O–H groups in total. The molecular formula is C26H25N3O2. The highest BCUT2D eigenvalue weighted by molar-refractivity contribution is 5.84. The number of hydrogen-bond acceptors (Lipinski definition) is 4. The van der Waals surface area contributed by atoms with Crippen LogP contribution in [0.3, 0.4) is 0 Å². The molecule has 2 aromatic carbocycles. The number of methoxy groups -OCH3 is 2. The maximum Gasteiger partial charge on any atom is 0.161 e. The van der Waals surface area contributed by atoms with Crippen molar-refractivity contribution in [1.29, 1.82) is 0 Å². The first-order valence-corrected chi connectivity index (χ1v) is 10.4. The second kappa shape index (κ2) is 7.58. The van der Waals surface area contributed by atoms with Crippen LogP contribution >= 0.6 is 0 Å². The highest BCUT2D eigenvalue weighted by atomic mass is 16.5. The van der Waals surface area contributed by atoms with Crippen LogP contribution in [-0.4, -0.2) is 28.8 Å². The largest absolute Gasteiger partial charge is 0.493 e. The number of ether oxygens (including phenoxy) is 2. The van der Waals surface area contributed by atoms with Crippen molar-refractivity contribution < 1.29 is 9.47 Å². The smallest absolute Gasteiger partial charge is 0.161 e. The van der Waals surface area contributed by atoms with E-state index in [0.29, 0.717) is 0 Å². The van der Waals surface area contributed by atoms with Crippen LogP contribution in [0.4, 0.5) is 0 Å². The maximum absolute atomic E-state index is 5.60. The number of nitrogens with zero attached hydrogens (tertiary/aromatic N) is 3. The molecule has 4 aromatic rings. The summed E-state index contributed by atoms with van der Waals surface area (Å²) in [5.41, 5.74) is 8.98. The van der Waals surface area contributed by atoms with E-state index in [4.69, 9.17) is 14.5 Å². The van der Waals surface area contributed by atoms with Crippen LogP contribution in [0.15, 0.2) is 54.7 Å². The van der Waals surface area contributed by atoms with Crippen molar-refractivity contribution in [3.05, 3.63) is 71.8 Å². The van der Waals surface area contributed by atoms with Crippen molar-refractivity contribution in [1.82, 2.24) is 14.5 Å². The van der Waals surface area contributed by atoms with Crippen LogP contribution in [0.2, 0.25) is 0 Å². The predicted octanol–water partition coefficient (Wildman–Crippen LogP) is 5.47. The molecule has 0 fully saturated rings. The lowest BCUT2D eigenvalue weighted by Crippen LogP contribution is -2.12. The lowest BCUT2D eigenvalue weighted by Gasteiger charge is -2.22. The zero-order valence-electron chi connectivity index (χ0n) is 18.3. The fourth-order valence-corrected chi connectivity index (χ4v) is 4.46. The molecule has 2 aromatic heterocycles. The molecular weight excluding hydrogens is 386 g/mol. The first-order valence-electron chi connectivity index (χ1n) is 10.4. The van der Waals surface area contributed by atoms with Crippen molar-refractivity contribution in [3.63, 3.8) is 0 Å². The van der Waals surface area contributed by atoms with E-state index in [0.717, 1.165) is 69.6 Å². The molecule has 0 radical (unpaired) electrons. The average Bonchev–Trinajstić information content (AvgIpc) is 3.15. The summed E-state index contributed by atoms with van der Waals surface area (Å²) in [5, 5.41) is 0. The van der Waals surface area contributed by atoms with E-state index in [1.54, 1.807) is 14.2 Å². The van der Waals surface area contributed by atoms with Crippen molar-refractivity contribution in [2.45, 2.75) is 26.8 Å². The molecule has 31 heavy (non-hydrogen) atoms. The molecule has 3 heterocycles. The monoisotopic (exact) mass is 411 g/mol. The van der Waals surface area contributed by atoms with Gasteiger partial charge in [0.05, 0.1) is 25.6 Å². The molecule has 0 bridgehead atoms. The minimum absolute atomic E-state index is 0.737. The van der Waals surface area contributed by atoms with E-state index in [-0.39, 0.29) is 0 Å². The minimum atomic E-state index is 0.737. The molecule has 5 heteroatoms. The third-order valence-electron chi connectivity index (χ3n) is 5.99. The van der Waals surface area contributed by atoms with Gasteiger partial charge in [-0.1, -0.05) is 18.2 Å². The molecule has 0 amide bonds. The zero-order chi connectivity index (χ0) is 21.5. The lowest BCUT2D eigenvalue weighted by atomic mass is 9.93. The second-order valence-corrected chi connectivity index (χ2v) is 7.89. The summed E-state index contributed by atoms with van der Waals surface area (Å²) in [5.74, 6) is 2.53. The van der Waals surface area contributed by atoms with Crippen LogP contribution in [0.1, 0.15) is 17.1 Å². The van der Waals surface area contributed by atoms with Gasteiger partial charge in [0, 0.05) is 29.6 Å². The van der Waals surface area contributed by atoms with Gasteiger partial charge in [-0.15, -0.1) is 0 Å². The van der Waals surface area contributed by atoms with Gasteiger partial charge in [0.15, 0.2) is 11.5 Å². The number of aryl methyl sites for hydroxylation is 3. The van der Waals surface area contributed by atoms with Gasteiger partial charge in [-0.2, -0.15) is 0 Å². The van der Waals surface area contributed by atoms with Crippen molar-refractivity contribution in [3.8, 4) is 45.1 Å². The molecule has 0 saturated carbocycles. The van der Waals surface area contributed by atoms with Gasteiger partial charge >= 0.3 is 0 Å². The van der Waals surface area contributed by atoms with E-state index < -0.39 is 0 Å². The van der Waals surface area contributed by atoms with Gasteiger partial charge in [0.25, 0.3) is 0 Å². The van der Waals surface area contributed by atoms with E-state index in [1.165, 1.54) is 5.56 Å². The number of benzene rings is 2. The van der Waals surface area contributed by atoms with Crippen molar-refractivity contribution in [2.75, 3.05) is 14.2 Å². The third-order valence-corrected chi connectivity index (χ3v) is 5.99. The predicted molar refractivity (Wildman–Crippen MR) is 123 cm³/mol. The molecule has 0 unspecified atom stereocenters. The standard InChI is InChI=1S/C26H25N3O2/c1-16-12-19(8-10-27-16)18-6-5-7-21(13-18)25-26-22-15-24(31-4)23(30-3)14-20(22)9-11-29(26)17(2)28-25/h5-8,10,12-15H,9,11H2,1-4H3. The Morgan fingerprint density at radius 3 is 2.39 bits per heavy atom. The van der Waals surface area contributed by atoms with Crippen LogP contribution in [0.25, 0.3) is 33.6 Å². The quantitative estimate of drug-likeness (QED) is 0.447. The fraction of sp³-hybridized carbons (Fsp3) is 0.231. The summed E-state index contributed by atoms with van der Waals surface area (Å²) in [4.78, 5) is 9.31. The molecule has 0 aliphatic carbocycles.